The Kier molecular flexibility index (Phi) is 4.60. The van der Waals surface area contributed by atoms with Gasteiger partial charge < -0.3 is 5.73 Å². The highest BCUT2D eigenvalue weighted by Gasteiger charge is 2.35. The molecule has 0 saturated heterocycles. The summed E-state index contributed by atoms with van der Waals surface area (Å²) in [6, 6.07) is -0.404. The minimum atomic E-state index is -3.27. The second-order valence-corrected chi connectivity index (χ2v) is 9.70. The maximum Gasteiger partial charge on any atom is 0.154 e. The van der Waals surface area contributed by atoms with Gasteiger partial charge in [0, 0.05) is 12.3 Å². The standard InChI is InChI=1S/C10H21NO4S2/c1-8(11)7-17(14,15)10-5-3-4-9(6-10)16(2,12)13/h8-10H,3-7,11H2,1-2H3. The zero-order valence-electron chi connectivity index (χ0n) is 10.3. The van der Waals surface area contributed by atoms with E-state index in [1.807, 2.05) is 0 Å². The first-order chi connectivity index (χ1) is 7.63. The van der Waals surface area contributed by atoms with E-state index in [1.54, 1.807) is 6.92 Å². The van der Waals surface area contributed by atoms with Gasteiger partial charge in [0.15, 0.2) is 9.84 Å². The molecule has 1 aliphatic carbocycles. The topological polar surface area (TPSA) is 94.3 Å². The third-order valence-corrected chi connectivity index (χ3v) is 7.26. The summed E-state index contributed by atoms with van der Waals surface area (Å²) in [4.78, 5) is 0. The smallest absolute Gasteiger partial charge is 0.154 e. The first kappa shape index (κ1) is 14.9. The van der Waals surface area contributed by atoms with Crippen LogP contribution in [-0.4, -0.2) is 45.4 Å². The van der Waals surface area contributed by atoms with Gasteiger partial charge in [0.05, 0.1) is 16.3 Å². The summed E-state index contributed by atoms with van der Waals surface area (Å²) in [6.45, 7) is 1.65. The lowest BCUT2D eigenvalue weighted by molar-refractivity contribution is 0.471. The van der Waals surface area contributed by atoms with Crippen LogP contribution in [-0.2, 0) is 19.7 Å². The van der Waals surface area contributed by atoms with Gasteiger partial charge in [-0.25, -0.2) is 16.8 Å². The van der Waals surface area contributed by atoms with Crippen molar-refractivity contribution in [2.45, 2.75) is 49.1 Å². The van der Waals surface area contributed by atoms with E-state index in [2.05, 4.69) is 0 Å². The average Bonchev–Trinajstić information content (AvgIpc) is 2.14. The molecule has 0 amide bonds. The third-order valence-electron chi connectivity index (χ3n) is 3.19. The maximum absolute atomic E-state index is 12.0. The Hall–Kier alpha value is -0.140. The van der Waals surface area contributed by atoms with Crippen LogP contribution in [0.1, 0.15) is 32.6 Å². The van der Waals surface area contributed by atoms with Gasteiger partial charge in [0.25, 0.3) is 0 Å². The van der Waals surface area contributed by atoms with E-state index in [9.17, 15) is 16.8 Å². The molecule has 0 bridgehead atoms. The largest absolute Gasteiger partial charge is 0.327 e. The van der Waals surface area contributed by atoms with E-state index in [4.69, 9.17) is 5.73 Å². The summed E-state index contributed by atoms with van der Waals surface area (Å²) < 4.78 is 46.9. The zero-order valence-corrected chi connectivity index (χ0v) is 11.9. The fourth-order valence-electron chi connectivity index (χ4n) is 2.32. The molecule has 2 N–H and O–H groups in total. The lowest BCUT2D eigenvalue weighted by atomic mass is 10.00. The van der Waals surface area contributed by atoms with Gasteiger partial charge in [-0.15, -0.1) is 0 Å². The molecule has 7 heteroatoms. The predicted octanol–water partition coefficient (Wildman–Crippen LogP) is 0.104. The number of rotatable bonds is 4. The molecule has 5 nitrogen and oxygen atoms in total. The van der Waals surface area contributed by atoms with E-state index in [0.717, 1.165) is 0 Å². The fourth-order valence-corrected chi connectivity index (χ4v) is 5.67. The molecular formula is C10H21NO4S2. The fraction of sp³-hybridized carbons (Fsp3) is 1.00. The van der Waals surface area contributed by atoms with Gasteiger partial charge in [0.2, 0.25) is 0 Å². The average molecular weight is 283 g/mol. The summed E-state index contributed by atoms with van der Waals surface area (Å²) in [7, 11) is -6.41. The maximum atomic E-state index is 12.0. The molecule has 1 fully saturated rings. The van der Waals surface area contributed by atoms with Gasteiger partial charge >= 0.3 is 0 Å². The zero-order chi connectivity index (χ0) is 13.3. The molecule has 102 valence electrons. The van der Waals surface area contributed by atoms with Crippen LogP contribution < -0.4 is 5.73 Å². The Labute approximate surface area is 104 Å². The third kappa shape index (κ3) is 4.22. The van der Waals surface area contributed by atoms with E-state index < -0.39 is 36.2 Å². The summed E-state index contributed by atoms with van der Waals surface area (Å²) in [6.07, 6.45) is 3.19. The van der Waals surface area contributed by atoms with E-state index in [-0.39, 0.29) is 12.2 Å². The van der Waals surface area contributed by atoms with Crippen molar-refractivity contribution in [2.75, 3.05) is 12.0 Å². The molecule has 3 unspecified atom stereocenters. The number of hydrogen-bond acceptors (Lipinski definition) is 5. The van der Waals surface area contributed by atoms with Crippen molar-refractivity contribution in [3.63, 3.8) is 0 Å². The molecule has 1 aliphatic rings. The lowest BCUT2D eigenvalue weighted by Gasteiger charge is -2.28. The highest BCUT2D eigenvalue weighted by molar-refractivity contribution is 7.92. The molecule has 17 heavy (non-hydrogen) atoms. The monoisotopic (exact) mass is 283 g/mol. The van der Waals surface area contributed by atoms with Crippen molar-refractivity contribution in [3.05, 3.63) is 0 Å². The van der Waals surface area contributed by atoms with Crippen LogP contribution in [0.2, 0.25) is 0 Å². The van der Waals surface area contributed by atoms with Crippen molar-refractivity contribution in [1.82, 2.24) is 0 Å². The molecule has 0 spiro atoms. The van der Waals surface area contributed by atoms with Crippen molar-refractivity contribution in [1.29, 1.82) is 0 Å². The van der Waals surface area contributed by atoms with E-state index in [0.29, 0.717) is 19.3 Å². The molecule has 0 aromatic rings. The van der Waals surface area contributed by atoms with Gasteiger partial charge in [-0.2, -0.15) is 0 Å². The highest BCUT2D eigenvalue weighted by Crippen LogP contribution is 2.28. The van der Waals surface area contributed by atoms with Crippen molar-refractivity contribution >= 4 is 19.7 Å². The Morgan fingerprint density at radius 3 is 2.18 bits per heavy atom. The normalized spacial score (nSPS) is 28.9. The van der Waals surface area contributed by atoms with Gasteiger partial charge in [-0.3, -0.25) is 0 Å². The molecule has 0 radical (unpaired) electrons. The second kappa shape index (κ2) is 5.24. The SMILES string of the molecule is CC(N)CS(=O)(=O)C1CCCC(S(C)(=O)=O)C1. The second-order valence-electron chi connectivity index (χ2n) is 5.05. The molecule has 1 saturated carbocycles. The molecular weight excluding hydrogens is 262 g/mol. The van der Waals surface area contributed by atoms with Crippen molar-refractivity contribution in [3.8, 4) is 0 Å². The number of nitrogens with two attached hydrogens (primary N) is 1. The minimum Gasteiger partial charge on any atom is -0.327 e. The molecule has 0 heterocycles. The Morgan fingerprint density at radius 2 is 1.71 bits per heavy atom. The molecule has 0 aliphatic heterocycles. The van der Waals surface area contributed by atoms with Crippen LogP contribution in [0.3, 0.4) is 0 Å². The molecule has 0 aromatic carbocycles. The van der Waals surface area contributed by atoms with Crippen LogP contribution in [0, 0.1) is 0 Å². The first-order valence-corrected chi connectivity index (χ1v) is 9.46. The minimum absolute atomic E-state index is 0.0614. The molecule has 3 atom stereocenters. The van der Waals surface area contributed by atoms with Gasteiger partial charge in [0.1, 0.15) is 9.84 Å². The van der Waals surface area contributed by atoms with Crippen molar-refractivity contribution < 1.29 is 16.8 Å². The summed E-state index contributed by atoms with van der Waals surface area (Å²) in [5, 5.41) is -1.05. The summed E-state index contributed by atoms with van der Waals surface area (Å²) in [5.41, 5.74) is 5.51. The molecule has 1 rings (SSSR count). The van der Waals surface area contributed by atoms with Crippen LogP contribution >= 0.6 is 0 Å². The predicted molar refractivity (Wildman–Crippen MR) is 68.3 cm³/mol. The summed E-state index contributed by atoms with van der Waals surface area (Å²) >= 11 is 0. The van der Waals surface area contributed by atoms with Crippen LogP contribution in [0.4, 0.5) is 0 Å². The van der Waals surface area contributed by atoms with Crippen LogP contribution in [0.15, 0.2) is 0 Å². The van der Waals surface area contributed by atoms with Gasteiger partial charge in [-0.1, -0.05) is 6.42 Å². The van der Waals surface area contributed by atoms with Crippen molar-refractivity contribution in [2.24, 2.45) is 5.73 Å². The Balaban J connectivity index is 2.80. The molecule has 0 aromatic heterocycles. The number of hydrogen-bond donors (Lipinski definition) is 1. The highest BCUT2D eigenvalue weighted by atomic mass is 32.2. The van der Waals surface area contributed by atoms with Gasteiger partial charge in [-0.05, 0) is 26.2 Å². The van der Waals surface area contributed by atoms with E-state index >= 15 is 0 Å². The van der Waals surface area contributed by atoms with Crippen LogP contribution in [0.5, 0.6) is 0 Å². The first-order valence-electron chi connectivity index (χ1n) is 5.79. The lowest BCUT2D eigenvalue weighted by Crippen LogP contribution is -2.39. The summed E-state index contributed by atoms with van der Waals surface area (Å²) in [5.74, 6) is -0.0614. The Bertz CT molecular complexity index is 453. The quantitative estimate of drug-likeness (QED) is 0.790. The Morgan fingerprint density at radius 1 is 1.18 bits per heavy atom. The number of sulfone groups is 2. The van der Waals surface area contributed by atoms with E-state index in [1.165, 1.54) is 6.26 Å². The van der Waals surface area contributed by atoms with Crippen LogP contribution in [0.25, 0.3) is 0 Å².